The molecule has 3 rings (SSSR count). The van der Waals surface area contributed by atoms with E-state index in [0.717, 1.165) is 44.9 Å². The zero-order chi connectivity index (χ0) is 19.9. The SMILES string of the molecule is C=C(C)c1ccc2c(c1)OCCOCCOCCOc1cc(C(=C)C)ccc1-2. The lowest BCUT2D eigenvalue weighted by molar-refractivity contribution is 0.0271. The second-order valence-electron chi connectivity index (χ2n) is 6.90. The number of rotatable bonds is 2. The van der Waals surface area contributed by atoms with E-state index in [1.165, 1.54) is 0 Å². The molecule has 0 fully saturated rings. The lowest BCUT2D eigenvalue weighted by atomic mass is 9.97. The fraction of sp³-hybridized carbons (Fsp3) is 0.333. The zero-order valence-electron chi connectivity index (χ0n) is 16.8. The van der Waals surface area contributed by atoms with Crippen LogP contribution in [-0.2, 0) is 9.47 Å². The van der Waals surface area contributed by atoms with E-state index in [2.05, 4.69) is 37.4 Å². The highest BCUT2D eigenvalue weighted by atomic mass is 16.6. The number of allylic oxidation sites excluding steroid dienone is 2. The molecule has 28 heavy (non-hydrogen) atoms. The predicted molar refractivity (Wildman–Crippen MR) is 114 cm³/mol. The molecule has 0 atom stereocenters. The summed E-state index contributed by atoms with van der Waals surface area (Å²) in [5.41, 5.74) is 6.05. The standard InChI is InChI=1S/C24H28O4/c1-17(2)19-5-7-21-22-8-6-20(18(3)4)16-24(22)28-14-12-26-10-9-25-11-13-27-23(21)15-19/h5-8,15-16H,1,3,9-14H2,2,4H3. The Hall–Kier alpha value is -2.56. The lowest BCUT2D eigenvalue weighted by Gasteiger charge is -2.18. The second-order valence-corrected chi connectivity index (χ2v) is 6.90. The van der Waals surface area contributed by atoms with E-state index in [1.807, 2.05) is 26.0 Å². The van der Waals surface area contributed by atoms with Gasteiger partial charge in [0.2, 0.25) is 0 Å². The molecule has 0 aliphatic carbocycles. The smallest absolute Gasteiger partial charge is 0.127 e. The Bertz CT molecular complexity index is 782. The molecule has 148 valence electrons. The van der Waals surface area contributed by atoms with E-state index in [0.29, 0.717) is 39.6 Å². The van der Waals surface area contributed by atoms with Gasteiger partial charge in [-0.2, -0.15) is 0 Å². The normalized spacial score (nSPS) is 15.2. The summed E-state index contributed by atoms with van der Waals surface area (Å²) in [6, 6.07) is 12.3. The Morgan fingerprint density at radius 1 is 0.643 bits per heavy atom. The molecule has 0 spiro atoms. The first kappa shape index (κ1) is 20.2. The Kier molecular flexibility index (Phi) is 6.90. The molecule has 0 saturated heterocycles. The van der Waals surface area contributed by atoms with Crippen molar-refractivity contribution in [2.24, 2.45) is 0 Å². The quantitative estimate of drug-likeness (QED) is 0.715. The monoisotopic (exact) mass is 380 g/mol. The van der Waals surface area contributed by atoms with E-state index in [4.69, 9.17) is 18.9 Å². The van der Waals surface area contributed by atoms with Crippen LogP contribution in [0.15, 0.2) is 49.6 Å². The summed E-state index contributed by atoms with van der Waals surface area (Å²) >= 11 is 0. The number of fused-ring (bicyclic) bond motifs is 3. The number of hydrogen-bond acceptors (Lipinski definition) is 4. The van der Waals surface area contributed by atoms with Crippen molar-refractivity contribution in [3.05, 3.63) is 60.7 Å². The van der Waals surface area contributed by atoms with Crippen molar-refractivity contribution in [3.8, 4) is 22.6 Å². The fourth-order valence-corrected chi connectivity index (χ4v) is 3.00. The van der Waals surface area contributed by atoms with Gasteiger partial charge in [0.25, 0.3) is 0 Å². The van der Waals surface area contributed by atoms with Crippen LogP contribution in [0.25, 0.3) is 22.3 Å². The largest absolute Gasteiger partial charge is 0.491 e. The summed E-state index contributed by atoms with van der Waals surface area (Å²) < 4.78 is 23.3. The van der Waals surface area contributed by atoms with Crippen LogP contribution >= 0.6 is 0 Å². The lowest BCUT2D eigenvalue weighted by Crippen LogP contribution is -2.14. The molecule has 0 N–H and O–H groups in total. The Balaban J connectivity index is 2.06. The van der Waals surface area contributed by atoms with Gasteiger partial charge in [0.15, 0.2) is 0 Å². The first-order chi connectivity index (χ1) is 13.6. The Labute approximate surface area is 167 Å². The van der Waals surface area contributed by atoms with Gasteiger partial charge in [0.1, 0.15) is 24.7 Å². The highest BCUT2D eigenvalue weighted by molar-refractivity contribution is 5.80. The summed E-state index contributed by atoms with van der Waals surface area (Å²) in [4.78, 5) is 0. The molecule has 4 nitrogen and oxygen atoms in total. The van der Waals surface area contributed by atoms with Gasteiger partial charge in [-0.1, -0.05) is 36.4 Å². The zero-order valence-corrected chi connectivity index (χ0v) is 16.8. The van der Waals surface area contributed by atoms with Crippen molar-refractivity contribution < 1.29 is 18.9 Å². The van der Waals surface area contributed by atoms with Gasteiger partial charge in [-0.15, -0.1) is 0 Å². The first-order valence-electron chi connectivity index (χ1n) is 9.57. The van der Waals surface area contributed by atoms with Crippen molar-refractivity contribution in [2.45, 2.75) is 13.8 Å². The summed E-state index contributed by atoms with van der Waals surface area (Å²) in [7, 11) is 0. The molecule has 2 aromatic carbocycles. The second kappa shape index (κ2) is 9.58. The van der Waals surface area contributed by atoms with Crippen LogP contribution in [0.1, 0.15) is 25.0 Å². The van der Waals surface area contributed by atoms with Gasteiger partial charge in [-0.3, -0.25) is 0 Å². The molecule has 1 heterocycles. The highest BCUT2D eigenvalue weighted by Crippen LogP contribution is 2.39. The van der Waals surface area contributed by atoms with Gasteiger partial charge in [0, 0.05) is 11.1 Å². The number of benzene rings is 2. The molecule has 0 unspecified atom stereocenters. The molecule has 0 aromatic heterocycles. The predicted octanol–water partition coefficient (Wildman–Crippen LogP) is 5.22. The fourth-order valence-electron chi connectivity index (χ4n) is 3.00. The minimum atomic E-state index is 0.465. The molecule has 2 aromatic rings. The van der Waals surface area contributed by atoms with Crippen molar-refractivity contribution in [1.82, 2.24) is 0 Å². The van der Waals surface area contributed by atoms with Gasteiger partial charge in [0.05, 0.1) is 26.4 Å². The van der Waals surface area contributed by atoms with E-state index in [-0.39, 0.29) is 0 Å². The van der Waals surface area contributed by atoms with Gasteiger partial charge >= 0.3 is 0 Å². The van der Waals surface area contributed by atoms with Gasteiger partial charge in [-0.05, 0) is 49.2 Å². The third kappa shape index (κ3) is 5.03. The van der Waals surface area contributed by atoms with Crippen LogP contribution in [0, 0.1) is 0 Å². The van der Waals surface area contributed by atoms with Crippen LogP contribution in [0.3, 0.4) is 0 Å². The molecular weight excluding hydrogens is 352 g/mol. The molecule has 0 radical (unpaired) electrons. The van der Waals surface area contributed by atoms with Crippen LogP contribution in [0.5, 0.6) is 11.5 Å². The summed E-state index contributed by atoms with van der Waals surface area (Å²) in [6.07, 6.45) is 0. The molecular formula is C24H28O4. The maximum Gasteiger partial charge on any atom is 0.127 e. The van der Waals surface area contributed by atoms with E-state index in [9.17, 15) is 0 Å². The first-order valence-corrected chi connectivity index (χ1v) is 9.57. The number of ether oxygens (including phenoxy) is 4. The van der Waals surface area contributed by atoms with Crippen LogP contribution in [0.2, 0.25) is 0 Å². The maximum atomic E-state index is 6.08. The average Bonchev–Trinajstić information content (AvgIpc) is 2.68. The minimum absolute atomic E-state index is 0.465. The maximum absolute atomic E-state index is 6.08. The third-order valence-electron chi connectivity index (χ3n) is 4.58. The third-order valence-corrected chi connectivity index (χ3v) is 4.58. The Morgan fingerprint density at radius 2 is 1.04 bits per heavy atom. The van der Waals surface area contributed by atoms with Gasteiger partial charge < -0.3 is 18.9 Å². The van der Waals surface area contributed by atoms with E-state index in [1.54, 1.807) is 0 Å². The Morgan fingerprint density at radius 3 is 1.43 bits per heavy atom. The van der Waals surface area contributed by atoms with Crippen molar-refractivity contribution >= 4 is 11.1 Å². The van der Waals surface area contributed by atoms with Crippen molar-refractivity contribution in [1.29, 1.82) is 0 Å². The molecule has 1 aliphatic rings. The van der Waals surface area contributed by atoms with Crippen LogP contribution in [-0.4, -0.2) is 39.6 Å². The molecule has 4 heteroatoms. The molecule has 0 amide bonds. The molecule has 0 bridgehead atoms. The minimum Gasteiger partial charge on any atom is -0.491 e. The summed E-state index contributed by atoms with van der Waals surface area (Å²) in [5, 5.41) is 0. The average molecular weight is 380 g/mol. The molecule has 0 saturated carbocycles. The van der Waals surface area contributed by atoms with Crippen molar-refractivity contribution in [3.63, 3.8) is 0 Å². The highest BCUT2D eigenvalue weighted by Gasteiger charge is 2.15. The number of hydrogen-bond donors (Lipinski definition) is 0. The van der Waals surface area contributed by atoms with E-state index >= 15 is 0 Å². The summed E-state index contributed by atoms with van der Waals surface area (Å²) in [6.45, 7) is 15.1. The topological polar surface area (TPSA) is 36.9 Å². The van der Waals surface area contributed by atoms with Crippen LogP contribution in [0.4, 0.5) is 0 Å². The summed E-state index contributed by atoms with van der Waals surface area (Å²) in [5.74, 6) is 1.59. The van der Waals surface area contributed by atoms with Crippen LogP contribution < -0.4 is 9.47 Å². The molecule has 1 aliphatic heterocycles. The van der Waals surface area contributed by atoms with Crippen molar-refractivity contribution in [2.75, 3.05) is 39.6 Å². The van der Waals surface area contributed by atoms with Gasteiger partial charge in [-0.25, -0.2) is 0 Å². The van der Waals surface area contributed by atoms with E-state index < -0.39 is 0 Å².